The normalized spacial score (nSPS) is 25.8. The van der Waals surface area contributed by atoms with E-state index in [2.05, 4.69) is 12.2 Å². The van der Waals surface area contributed by atoms with Crippen LogP contribution in [0.25, 0.3) is 0 Å². The molecule has 1 aliphatic heterocycles. The average Bonchev–Trinajstić information content (AvgIpc) is 2.64. The summed E-state index contributed by atoms with van der Waals surface area (Å²) in [4.78, 5) is 12.7. The standard InChI is InChI=1S/C19H27FN2O3S/c1-14-4-2-3-5-18(14)21-19(23)15-10-12-22(13-11-15)26(24,25)17-8-6-16(20)7-9-17/h6-9,14-15,18H,2-5,10-13H2,1H3,(H,21,23)/t14-,18-/m0/s1. The number of hydrogen-bond donors (Lipinski definition) is 1. The number of carbonyl (C=O) groups is 1. The molecule has 0 bridgehead atoms. The van der Waals surface area contributed by atoms with Gasteiger partial charge in [0.2, 0.25) is 15.9 Å². The molecule has 2 fully saturated rings. The van der Waals surface area contributed by atoms with Crippen molar-refractivity contribution >= 4 is 15.9 Å². The first kappa shape index (κ1) is 19.3. The number of nitrogens with one attached hydrogen (secondary N) is 1. The van der Waals surface area contributed by atoms with Gasteiger partial charge in [0.15, 0.2) is 0 Å². The van der Waals surface area contributed by atoms with Gasteiger partial charge < -0.3 is 5.32 Å². The molecule has 144 valence electrons. The Hall–Kier alpha value is -1.47. The van der Waals surface area contributed by atoms with Crippen molar-refractivity contribution in [3.8, 4) is 0 Å². The first-order valence-electron chi connectivity index (χ1n) is 9.44. The maximum Gasteiger partial charge on any atom is 0.243 e. The van der Waals surface area contributed by atoms with E-state index in [9.17, 15) is 17.6 Å². The average molecular weight is 383 g/mol. The third-order valence-corrected chi connectivity index (χ3v) is 7.63. The molecule has 0 unspecified atom stereocenters. The highest BCUT2D eigenvalue weighted by Crippen LogP contribution is 2.27. The smallest absolute Gasteiger partial charge is 0.243 e. The van der Waals surface area contributed by atoms with Gasteiger partial charge >= 0.3 is 0 Å². The molecule has 5 nitrogen and oxygen atoms in total. The first-order valence-corrected chi connectivity index (χ1v) is 10.9. The number of sulfonamides is 1. The van der Waals surface area contributed by atoms with Gasteiger partial charge in [-0.05, 0) is 55.9 Å². The van der Waals surface area contributed by atoms with Crippen molar-refractivity contribution in [2.75, 3.05) is 13.1 Å². The zero-order valence-corrected chi connectivity index (χ0v) is 16.0. The minimum absolute atomic E-state index is 0.0579. The molecule has 26 heavy (non-hydrogen) atoms. The lowest BCUT2D eigenvalue weighted by atomic mass is 9.85. The van der Waals surface area contributed by atoms with Crippen LogP contribution < -0.4 is 5.32 Å². The maximum atomic E-state index is 13.0. The second-order valence-electron chi connectivity index (χ2n) is 7.51. The van der Waals surface area contributed by atoms with Gasteiger partial charge in [-0.25, -0.2) is 12.8 Å². The molecule has 1 amide bonds. The second kappa shape index (κ2) is 8.05. The maximum absolute atomic E-state index is 13.0. The third-order valence-electron chi connectivity index (χ3n) is 5.72. The number of amides is 1. The van der Waals surface area contributed by atoms with Crippen LogP contribution in [0.1, 0.15) is 45.4 Å². The predicted molar refractivity (Wildman–Crippen MR) is 97.4 cm³/mol. The summed E-state index contributed by atoms with van der Waals surface area (Å²) in [6.45, 7) is 2.82. The van der Waals surface area contributed by atoms with Gasteiger partial charge in [0.25, 0.3) is 0 Å². The molecule has 2 atom stereocenters. The first-order chi connectivity index (χ1) is 12.4. The number of rotatable bonds is 4. The minimum Gasteiger partial charge on any atom is -0.353 e. The van der Waals surface area contributed by atoms with Crippen LogP contribution in [0, 0.1) is 17.7 Å². The Balaban J connectivity index is 1.56. The molecule has 7 heteroatoms. The van der Waals surface area contributed by atoms with Crippen LogP contribution in [-0.2, 0) is 14.8 Å². The summed E-state index contributed by atoms with van der Waals surface area (Å²) in [5.41, 5.74) is 0. The molecule has 1 saturated heterocycles. The van der Waals surface area contributed by atoms with E-state index in [0.717, 1.165) is 31.4 Å². The molecular weight excluding hydrogens is 355 g/mol. The Bertz CT molecular complexity index is 728. The largest absolute Gasteiger partial charge is 0.353 e. The van der Waals surface area contributed by atoms with Gasteiger partial charge in [-0.15, -0.1) is 0 Å². The van der Waals surface area contributed by atoms with Crippen LogP contribution in [0.4, 0.5) is 4.39 Å². The molecule has 0 radical (unpaired) electrons. The molecule has 1 aliphatic carbocycles. The van der Waals surface area contributed by atoms with Crippen LogP contribution in [0.5, 0.6) is 0 Å². The number of nitrogens with zero attached hydrogens (tertiary/aromatic N) is 1. The summed E-state index contributed by atoms with van der Waals surface area (Å²) in [6, 6.07) is 5.12. The van der Waals surface area contributed by atoms with Gasteiger partial charge in [-0.2, -0.15) is 4.31 Å². The summed E-state index contributed by atoms with van der Waals surface area (Å²) in [5, 5.41) is 3.18. The van der Waals surface area contributed by atoms with Gasteiger partial charge in [0.1, 0.15) is 5.82 Å². The van der Waals surface area contributed by atoms with Crippen LogP contribution in [0.3, 0.4) is 0 Å². The number of benzene rings is 1. The molecule has 1 heterocycles. The van der Waals surface area contributed by atoms with E-state index in [1.54, 1.807) is 0 Å². The summed E-state index contributed by atoms with van der Waals surface area (Å²) in [5.74, 6) is -0.0331. The molecule has 1 aromatic rings. The summed E-state index contributed by atoms with van der Waals surface area (Å²) in [6.07, 6.45) is 5.61. The molecule has 3 rings (SSSR count). The summed E-state index contributed by atoms with van der Waals surface area (Å²) >= 11 is 0. The molecule has 1 aromatic carbocycles. The van der Waals surface area contributed by atoms with Crippen LogP contribution in [0.15, 0.2) is 29.2 Å². The van der Waals surface area contributed by atoms with Crippen molar-refractivity contribution < 1.29 is 17.6 Å². The van der Waals surface area contributed by atoms with Crippen molar-refractivity contribution in [3.63, 3.8) is 0 Å². The topological polar surface area (TPSA) is 66.5 Å². The van der Waals surface area contributed by atoms with Gasteiger partial charge in [0, 0.05) is 25.0 Å². The fourth-order valence-corrected chi connectivity index (χ4v) is 5.41. The summed E-state index contributed by atoms with van der Waals surface area (Å²) < 4.78 is 39.7. The van der Waals surface area contributed by atoms with E-state index in [1.165, 1.54) is 22.9 Å². The van der Waals surface area contributed by atoms with E-state index < -0.39 is 15.8 Å². The van der Waals surface area contributed by atoms with Crippen molar-refractivity contribution in [2.24, 2.45) is 11.8 Å². The molecular formula is C19H27FN2O3S. The van der Waals surface area contributed by atoms with E-state index in [4.69, 9.17) is 0 Å². The Kier molecular flexibility index (Phi) is 5.97. The SMILES string of the molecule is C[C@H]1CCCC[C@@H]1NC(=O)C1CCN(S(=O)(=O)c2ccc(F)cc2)CC1. The highest BCUT2D eigenvalue weighted by molar-refractivity contribution is 7.89. The van der Waals surface area contributed by atoms with E-state index in [-0.39, 0.29) is 22.8 Å². The highest BCUT2D eigenvalue weighted by atomic mass is 32.2. The van der Waals surface area contributed by atoms with Crippen molar-refractivity contribution in [2.45, 2.75) is 56.4 Å². The van der Waals surface area contributed by atoms with E-state index in [0.29, 0.717) is 31.8 Å². The Labute approximate surface area is 155 Å². The third kappa shape index (κ3) is 4.26. The lowest BCUT2D eigenvalue weighted by Crippen LogP contribution is -2.47. The second-order valence-corrected chi connectivity index (χ2v) is 9.45. The highest BCUT2D eigenvalue weighted by Gasteiger charge is 2.33. The van der Waals surface area contributed by atoms with Gasteiger partial charge in [-0.1, -0.05) is 19.8 Å². The van der Waals surface area contributed by atoms with Gasteiger partial charge in [-0.3, -0.25) is 4.79 Å². The van der Waals surface area contributed by atoms with Crippen LogP contribution in [0.2, 0.25) is 0 Å². The Morgan fingerprint density at radius 3 is 2.31 bits per heavy atom. The van der Waals surface area contributed by atoms with Gasteiger partial charge in [0.05, 0.1) is 4.90 Å². The Morgan fingerprint density at radius 1 is 1.08 bits per heavy atom. The van der Waals surface area contributed by atoms with Crippen molar-refractivity contribution in [3.05, 3.63) is 30.1 Å². The Morgan fingerprint density at radius 2 is 1.69 bits per heavy atom. The summed E-state index contributed by atoms with van der Waals surface area (Å²) in [7, 11) is -3.63. The lowest BCUT2D eigenvalue weighted by Gasteiger charge is -2.34. The van der Waals surface area contributed by atoms with Crippen LogP contribution in [-0.4, -0.2) is 37.8 Å². The quantitative estimate of drug-likeness (QED) is 0.871. The molecule has 2 aliphatic rings. The number of carbonyl (C=O) groups excluding carboxylic acids is 1. The molecule has 0 aromatic heterocycles. The fraction of sp³-hybridized carbons (Fsp3) is 0.632. The van der Waals surface area contributed by atoms with E-state index in [1.807, 2.05) is 0 Å². The zero-order chi connectivity index (χ0) is 18.7. The number of piperidine rings is 1. The van der Waals surface area contributed by atoms with Crippen molar-refractivity contribution in [1.82, 2.24) is 9.62 Å². The van der Waals surface area contributed by atoms with E-state index >= 15 is 0 Å². The molecule has 0 spiro atoms. The number of hydrogen-bond acceptors (Lipinski definition) is 3. The minimum atomic E-state index is -3.63. The van der Waals surface area contributed by atoms with Crippen LogP contribution >= 0.6 is 0 Å². The molecule has 1 saturated carbocycles. The monoisotopic (exact) mass is 382 g/mol. The number of halogens is 1. The van der Waals surface area contributed by atoms with Crippen molar-refractivity contribution in [1.29, 1.82) is 0 Å². The predicted octanol–water partition coefficient (Wildman–Crippen LogP) is 2.92. The fourth-order valence-electron chi connectivity index (χ4n) is 3.95. The lowest BCUT2D eigenvalue weighted by molar-refractivity contribution is -0.127. The molecule has 1 N–H and O–H groups in total. The zero-order valence-electron chi connectivity index (χ0n) is 15.2.